The van der Waals surface area contributed by atoms with Crippen molar-refractivity contribution in [2.75, 3.05) is 6.54 Å². The molecule has 116 valence electrons. The van der Waals surface area contributed by atoms with Crippen LogP contribution >= 0.6 is 11.6 Å². The molecule has 0 radical (unpaired) electrons. The van der Waals surface area contributed by atoms with Gasteiger partial charge >= 0.3 is 0 Å². The van der Waals surface area contributed by atoms with E-state index in [1.807, 2.05) is 40.0 Å². The number of aryl methyl sites for hydroxylation is 1. The van der Waals surface area contributed by atoms with E-state index in [-0.39, 0.29) is 11.9 Å². The summed E-state index contributed by atoms with van der Waals surface area (Å²) >= 11 is 6.08. The number of benzene rings is 1. The van der Waals surface area contributed by atoms with Crippen molar-refractivity contribution in [1.29, 1.82) is 0 Å². The zero-order valence-electron chi connectivity index (χ0n) is 12.5. The maximum atomic E-state index is 12.5. The standard InChI is InChI=1S/C17H20ClN3O/c18-15-6-1-5-14(13-15)16-7-2-12-21(16)17(22)8-3-10-20-11-4-9-19-20/h1,4-6,9,11,13,16H,2-3,7-8,10,12H2/t16-/m0/s1. The average molecular weight is 318 g/mol. The number of hydrogen-bond donors (Lipinski definition) is 0. The van der Waals surface area contributed by atoms with Crippen molar-refractivity contribution in [2.45, 2.75) is 38.3 Å². The second-order valence-corrected chi connectivity index (χ2v) is 6.11. The first-order valence-corrected chi connectivity index (χ1v) is 8.14. The summed E-state index contributed by atoms with van der Waals surface area (Å²) in [6, 6.07) is 9.94. The van der Waals surface area contributed by atoms with Crippen LogP contribution in [0.1, 0.15) is 37.3 Å². The molecule has 1 amide bonds. The van der Waals surface area contributed by atoms with Gasteiger partial charge in [-0.3, -0.25) is 9.48 Å². The monoisotopic (exact) mass is 317 g/mol. The third kappa shape index (κ3) is 3.50. The number of hydrogen-bond acceptors (Lipinski definition) is 2. The third-order valence-corrected chi connectivity index (χ3v) is 4.38. The van der Waals surface area contributed by atoms with Crippen LogP contribution in [0.15, 0.2) is 42.7 Å². The van der Waals surface area contributed by atoms with Crippen LogP contribution in [0.4, 0.5) is 0 Å². The first kappa shape index (κ1) is 15.1. The van der Waals surface area contributed by atoms with Gasteiger partial charge in [-0.05, 0) is 43.0 Å². The molecule has 4 nitrogen and oxygen atoms in total. The number of nitrogens with zero attached hydrogens (tertiary/aromatic N) is 3. The summed E-state index contributed by atoms with van der Waals surface area (Å²) in [6.07, 6.45) is 7.15. The van der Waals surface area contributed by atoms with E-state index in [4.69, 9.17) is 11.6 Å². The minimum absolute atomic E-state index is 0.177. The highest BCUT2D eigenvalue weighted by atomic mass is 35.5. The molecule has 1 saturated heterocycles. The molecular weight excluding hydrogens is 298 g/mol. The number of amides is 1. The van der Waals surface area contributed by atoms with Gasteiger partial charge in [0.2, 0.25) is 5.91 Å². The van der Waals surface area contributed by atoms with Crippen LogP contribution in [0.2, 0.25) is 5.02 Å². The van der Waals surface area contributed by atoms with E-state index in [1.54, 1.807) is 6.20 Å². The Hall–Kier alpha value is -1.81. The van der Waals surface area contributed by atoms with Crippen LogP contribution in [0.25, 0.3) is 0 Å². The van der Waals surface area contributed by atoms with E-state index in [2.05, 4.69) is 11.2 Å². The lowest BCUT2D eigenvalue weighted by molar-refractivity contribution is -0.132. The van der Waals surface area contributed by atoms with Crippen molar-refractivity contribution >= 4 is 17.5 Å². The van der Waals surface area contributed by atoms with E-state index in [0.29, 0.717) is 6.42 Å². The number of aromatic nitrogens is 2. The molecule has 2 aromatic rings. The van der Waals surface area contributed by atoms with Gasteiger partial charge in [0.05, 0.1) is 6.04 Å². The summed E-state index contributed by atoms with van der Waals surface area (Å²) in [5, 5.41) is 4.89. The summed E-state index contributed by atoms with van der Waals surface area (Å²) in [5.74, 6) is 0.231. The number of likely N-dealkylation sites (tertiary alicyclic amines) is 1. The largest absolute Gasteiger partial charge is 0.336 e. The maximum absolute atomic E-state index is 12.5. The fourth-order valence-electron chi connectivity index (χ4n) is 3.09. The molecule has 0 bridgehead atoms. The lowest BCUT2D eigenvalue weighted by Gasteiger charge is -2.25. The summed E-state index contributed by atoms with van der Waals surface area (Å²) in [7, 11) is 0. The topological polar surface area (TPSA) is 38.1 Å². The average Bonchev–Trinajstić information content (AvgIpc) is 3.18. The van der Waals surface area contributed by atoms with E-state index in [1.165, 1.54) is 0 Å². The highest BCUT2D eigenvalue weighted by Gasteiger charge is 2.29. The Bertz CT molecular complexity index is 627. The molecule has 1 atom stereocenters. The fraction of sp³-hybridized carbons (Fsp3) is 0.412. The van der Waals surface area contributed by atoms with Gasteiger partial charge in [-0.15, -0.1) is 0 Å². The second-order valence-electron chi connectivity index (χ2n) is 5.67. The molecule has 3 rings (SSSR count). The number of carbonyl (C=O) groups excluding carboxylic acids is 1. The molecule has 22 heavy (non-hydrogen) atoms. The van der Waals surface area contributed by atoms with Crippen molar-refractivity contribution < 1.29 is 4.79 Å². The van der Waals surface area contributed by atoms with E-state index < -0.39 is 0 Å². The first-order valence-electron chi connectivity index (χ1n) is 7.76. The van der Waals surface area contributed by atoms with Gasteiger partial charge in [-0.1, -0.05) is 23.7 Å². The predicted octanol–water partition coefficient (Wildman–Crippen LogP) is 3.68. The van der Waals surface area contributed by atoms with E-state index in [9.17, 15) is 4.79 Å². The zero-order valence-corrected chi connectivity index (χ0v) is 13.2. The Labute approximate surface area is 135 Å². The highest BCUT2D eigenvalue weighted by molar-refractivity contribution is 6.30. The number of rotatable bonds is 5. The molecule has 0 spiro atoms. The lowest BCUT2D eigenvalue weighted by atomic mass is 10.0. The predicted molar refractivity (Wildman–Crippen MR) is 86.6 cm³/mol. The van der Waals surface area contributed by atoms with Crippen LogP contribution in [0.5, 0.6) is 0 Å². The molecule has 1 fully saturated rings. The van der Waals surface area contributed by atoms with Crippen LogP contribution in [0.3, 0.4) is 0 Å². The molecule has 0 aliphatic carbocycles. The number of carbonyl (C=O) groups is 1. The Morgan fingerprint density at radius 3 is 3.05 bits per heavy atom. The summed E-state index contributed by atoms with van der Waals surface area (Å²) in [4.78, 5) is 14.5. The van der Waals surface area contributed by atoms with Crippen LogP contribution in [0, 0.1) is 0 Å². The Balaban J connectivity index is 1.59. The van der Waals surface area contributed by atoms with Crippen LogP contribution < -0.4 is 0 Å². The van der Waals surface area contributed by atoms with E-state index in [0.717, 1.165) is 42.9 Å². The Morgan fingerprint density at radius 1 is 1.36 bits per heavy atom. The summed E-state index contributed by atoms with van der Waals surface area (Å²) < 4.78 is 1.87. The molecule has 0 unspecified atom stereocenters. The summed E-state index contributed by atoms with van der Waals surface area (Å²) in [5.41, 5.74) is 1.14. The lowest BCUT2D eigenvalue weighted by Crippen LogP contribution is -2.30. The normalized spacial score (nSPS) is 17.9. The molecule has 1 aliphatic heterocycles. The highest BCUT2D eigenvalue weighted by Crippen LogP contribution is 2.33. The van der Waals surface area contributed by atoms with Gasteiger partial charge in [-0.2, -0.15) is 5.10 Å². The molecular formula is C17H20ClN3O. The van der Waals surface area contributed by atoms with Crippen molar-refractivity contribution in [3.63, 3.8) is 0 Å². The minimum Gasteiger partial charge on any atom is -0.336 e. The maximum Gasteiger partial charge on any atom is 0.223 e. The van der Waals surface area contributed by atoms with Gasteiger partial charge in [0.1, 0.15) is 0 Å². The third-order valence-electron chi connectivity index (χ3n) is 4.14. The molecule has 5 heteroatoms. The first-order chi connectivity index (χ1) is 10.7. The SMILES string of the molecule is O=C(CCCn1cccn1)N1CCC[C@H]1c1cccc(Cl)c1. The van der Waals surface area contributed by atoms with Gasteiger partial charge in [0, 0.05) is 36.9 Å². The van der Waals surface area contributed by atoms with Gasteiger partial charge in [0.15, 0.2) is 0 Å². The van der Waals surface area contributed by atoms with E-state index >= 15 is 0 Å². The quantitative estimate of drug-likeness (QED) is 0.843. The molecule has 1 aromatic heterocycles. The molecule has 1 aliphatic rings. The summed E-state index contributed by atoms with van der Waals surface area (Å²) in [6.45, 7) is 1.63. The fourth-order valence-corrected chi connectivity index (χ4v) is 3.29. The van der Waals surface area contributed by atoms with Crippen molar-refractivity contribution in [2.24, 2.45) is 0 Å². The van der Waals surface area contributed by atoms with Gasteiger partial charge in [-0.25, -0.2) is 0 Å². The smallest absolute Gasteiger partial charge is 0.223 e. The zero-order chi connectivity index (χ0) is 15.4. The van der Waals surface area contributed by atoms with Gasteiger partial charge < -0.3 is 4.90 Å². The van der Waals surface area contributed by atoms with Crippen LogP contribution in [-0.2, 0) is 11.3 Å². The van der Waals surface area contributed by atoms with Crippen molar-refractivity contribution in [3.8, 4) is 0 Å². The molecule has 0 saturated carbocycles. The Morgan fingerprint density at radius 2 is 2.27 bits per heavy atom. The molecule has 1 aromatic carbocycles. The van der Waals surface area contributed by atoms with Gasteiger partial charge in [0.25, 0.3) is 0 Å². The number of halogens is 1. The minimum atomic E-state index is 0.177. The molecule has 0 N–H and O–H groups in total. The molecule has 2 heterocycles. The van der Waals surface area contributed by atoms with Crippen molar-refractivity contribution in [1.82, 2.24) is 14.7 Å². The van der Waals surface area contributed by atoms with Crippen molar-refractivity contribution in [3.05, 3.63) is 53.3 Å². The van der Waals surface area contributed by atoms with Crippen LogP contribution in [-0.4, -0.2) is 27.1 Å². The Kier molecular flexibility index (Phi) is 4.78. The second kappa shape index (κ2) is 6.97.